The van der Waals surface area contributed by atoms with E-state index in [1.165, 1.54) is 5.00 Å². The standard InChI is InChI=1S/C22H31N5O2S/c1-26(2)20(28)16-24-22(23-15-17-6-8-19(29-3)9-7-17)25-18-10-12-27(13-11-18)21-5-4-14-30-21/h4-9,14,18H,10-13,15-16H2,1-3H3,(H2,23,24,25). The molecule has 0 atom stereocenters. The van der Waals surface area contributed by atoms with E-state index in [9.17, 15) is 4.79 Å². The first-order chi connectivity index (χ1) is 14.5. The highest BCUT2D eigenvalue weighted by molar-refractivity contribution is 7.14. The minimum absolute atomic E-state index is 0.0152. The molecular formula is C22H31N5O2S. The molecule has 2 aromatic rings. The first-order valence-corrected chi connectivity index (χ1v) is 11.1. The second-order valence-electron chi connectivity index (χ2n) is 7.51. The number of likely N-dealkylation sites (N-methyl/N-ethyl adjacent to an activating group) is 1. The van der Waals surface area contributed by atoms with Gasteiger partial charge in [0.15, 0.2) is 5.96 Å². The number of hydrogen-bond donors (Lipinski definition) is 2. The number of methoxy groups -OCH3 is 1. The normalized spacial score (nSPS) is 15.0. The third-order valence-electron chi connectivity index (χ3n) is 5.14. The number of piperidine rings is 1. The highest BCUT2D eigenvalue weighted by Gasteiger charge is 2.21. The molecule has 1 fully saturated rings. The quantitative estimate of drug-likeness (QED) is 0.523. The Balaban J connectivity index is 1.59. The first-order valence-electron chi connectivity index (χ1n) is 10.2. The lowest BCUT2D eigenvalue weighted by Crippen LogP contribution is -2.50. The van der Waals surface area contributed by atoms with Crippen molar-refractivity contribution in [2.24, 2.45) is 4.99 Å². The first kappa shape index (κ1) is 22.0. The maximum atomic E-state index is 12.0. The van der Waals surface area contributed by atoms with E-state index >= 15 is 0 Å². The summed E-state index contributed by atoms with van der Waals surface area (Å²) in [7, 11) is 5.17. The molecule has 2 N–H and O–H groups in total. The van der Waals surface area contributed by atoms with E-state index < -0.39 is 0 Å². The Bertz CT molecular complexity index is 813. The molecule has 1 saturated heterocycles. The van der Waals surface area contributed by atoms with E-state index in [0.29, 0.717) is 18.5 Å². The van der Waals surface area contributed by atoms with Crippen LogP contribution in [0.25, 0.3) is 0 Å². The lowest BCUT2D eigenvalue weighted by atomic mass is 10.1. The van der Waals surface area contributed by atoms with Crippen LogP contribution in [-0.2, 0) is 11.3 Å². The van der Waals surface area contributed by atoms with Crippen LogP contribution >= 0.6 is 11.3 Å². The van der Waals surface area contributed by atoms with Gasteiger partial charge in [0.25, 0.3) is 0 Å². The van der Waals surface area contributed by atoms with Gasteiger partial charge in [-0.15, -0.1) is 11.3 Å². The Kier molecular flexibility index (Phi) is 7.96. The van der Waals surface area contributed by atoms with Crippen LogP contribution in [-0.4, -0.2) is 63.6 Å². The molecule has 0 bridgehead atoms. The molecule has 0 saturated carbocycles. The summed E-state index contributed by atoms with van der Waals surface area (Å²) in [6.07, 6.45) is 2.06. The van der Waals surface area contributed by atoms with E-state index in [2.05, 4.69) is 33.0 Å². The van der Waals surface area contributed by atoms with E-state index in [4.69, 9.17) is 9.73 Å². The maximum Gasteiger partial charge on any atom is 0.241 e. The predicted octanol–water partition coefficient (Wildman–Crippen LogP) is 2.55. The minimum Gasteiger partial charge on any atom is -0.497 e. The number of nitrogens with zero attached hydrogens (tertiary/aromatic N) is 3. The van der Waals surface area contributed by atoms with Crippen LogP contribution < -0.4 is 20.3 Å². The van der Waals surface area contributed by atoms with Crippen molar-refractivity contribution in [2.75, 3.05) is 45.7 Å². The number of rotatable bonds is 7. The summed E-state index contributed by atoms with van der Waals surface area (Å²) in [6, 6.07) is 12.5. The summed E-state index contributed by atoms with van der Waals surface area (Å²) in [5.41, 5.74) is 1.09. The zero-order valence-electron chi connectivity index (χ0n) is 17.9. The molecule has 1 amide bonds. The fourth-order valence-electron chi connectivity index (χ4n) is 3.26. The fourth-order valence-corrected chi connectivity index (χ4v) is 4.04. The number of guanidine groups is 1. The van der Waals surface area contributed by atoms with Crippen molar-refractivity contribution in [3.8, 4) is 5.75 Å². The van der Waals surface area contributed by atoms with Gasteiger partial charge in [-0.3, -0.25) is 4.79 Å². The predicted molar refractivity (Wildman–Crippen MR) is 124 cm³/mol. The van der Waals surface area contributed by atoms with Crippen LogP contribution in [0.5, 0.6) is 5.75 Å². The van der Waals surface area contributed by atoms with E-state index in [1.807, 2.05) is 24.3 Å². The summed E-state index contributed by atoms with van der Waals surface area (Å²) in [4.78, 5) is 20.7. The monoisotopic (exact) mass is 429 g/mol. The number of ether oxygens (including phenoxy) is 1. The molecule has 0 radical (unpaired) electrons. The summed E-state index contributed by atoms with van der Waals surface area (Å²) < 4.78 is 5.21. The van der Waals surface area contributed by atoms with Gasteiger partial charge in [-0.1, -0.05) is 12.1 Å². The largest absolute Gasteiger partial charge is 0.497 e. The molecule has 162 valence electrons. The van der Waals surface area contributed by atoms with Crippen LogP contribution in [0.3, 0.4) is 0 Å². The molecule has 0 aliphatic carbocycles. The number of anilines is 1. The SMILES string of the molecule is COc1ccc(CN=C(NCC(=O)N(C)C)NC2CCN(c3cccs3)CC2)cc1. The van der Waals surface area contributed by atoms with E-state index in [-0.39, 0.29) is 12.5 Å². The number of aliphatic imine (C=N–C) groups is 1. The number of nitrogens with one attached hydrogen (secondary N) is 2. The molecule has 1 aromatic carbocycles. The molecule has 30 heavy (non-hydrogen) atoms. The number of benzene rings is 1. The van der Waals surface area contributed by atoms with Gasteiger partial charge in [-0.2, -0.15) is 0 Å². The zero-order valence-corrected chi connectivity index (χ0v) is 18.7. The molecule has 1 aliphatic heterocycles. The molecule has 1 aliphatic rings. The molecule has 8 heteroatoms. The summed E-state index contributed by atoms with van der Waals surface area (Å²) in [5.74, 6) is 1.52. The number of thiophene rings is 1. The molecule has 7 nitrogen and oxygen atoms in total. The second-order valence-corrected chi connectivity index (χ2v) is 8.44. The molecule has 2 heterocycles. The van der Waals surface area contributed by atoms with Crippen molar-refractivity contribution in [3.05, 3.63) is 47.3 Å². The van der Waals surface area contributed by atoms with Crippen LogP contribution in [0, 0.1) is 0 Å². The lowest BCUT2D eigenvalue weighted by Gasteiger charge is -2.33. The summed E-state index contributed by atoms with van der Waals surface area (Å²) >= 11 is 1.79. The van der Waals surface area contributed by atoms with Crippen LogP contribution in [0.15, 0.2) is 46.8 Å². The Morgan fingerprint density at radius 1 is 1.23 bits per heavy atom. The fraction of sp³-hybridized carbons (Fsp3) is 0.455. The van der Waals surface area contributed by atoms with Crippen molar-refractivity contribution < 1.29 is 9.53 Å². The molecule has 1 aromatic heterocycles. The highest BCUT2D eigenvalue weighted by atomic mass is 32.1. The Labute approximate surface area is 182 Å². The van der Waals surface area contributed by atoms with E-state index in [1.54, 1.807) is 37.4 Å². The Morgan fingerprint density at radius 2 is 1.97 bits per heavy atom. The Hall–Kier alpha value is -2.74. The average molecular weight is 430 g/mol. The van der Waals surface area contributed by atoms with Gasteiger partial charge in [0, 0.05) is 33.2 Å². The molecule has 0 unspecified atom stereocenters. The van der Waals surface area contributed by atoms with Crippen LogP contribution in [0.1, 0.15) is 18.4 Å². The molecule has 0 spiro atoms. The third-order valence-corrected chi connectivity index (χ3v) is 6.07. The van der Waals surface area contributed by atoms with Crippen LogP contribution in [0.4, 0.5) is 5.00 Å². The van der Waals surface area contributed by atoms with Crippen molar-refractivity contribution in [1.82, 2.24) is 15.5 Å². The number of hydrogen-bond acceptors (Lipinski definition) is 5. The smallest absolute Gasteiger partial charge is 0.241 e. The average Bonchev–Trinajstić information content (AvgIpc) is 3.31. The van der Waals surface area contributed by atoms with Crippen molar-refractivity contribution in [1.29, 1.82) is 0 Å². The minimum atomic E-state index is 0.0152. The molecular weight excluding hydrogens is 398 g/mol. The molecule has 3 rings (SSSR count). The lowest BCUT2D eigenvalue weighted by molar-refractivity contribution is -0.127. The number of amides is 1. The van der Waals surface area contributed by atoms with Gasteiger partial charge in [0.1, 0.15) is 5.75 Å². The van der Waals surface area contributed by atoms with Crippen molar-refractivity contribution >= 4 is 28.2 Å². The van der Waals surface area contributed by atoms with Crippen LogP contribution in [0.2, 0.25) is 0 Å². The van der Waals surface area contributed by atoms with Gasteiger partial charge in [-0.05, 0) is 48.1 Å². The highest BCUT2D eigenvalue weighted by Crippen LogP contribution is 2.24. The van der Waals surface area contributed by atoms with Crippen molar-refractivity contribution in [2.45, 2.75) is 25.4 Å². The summed E-state index contributed by atoms with van der Waals surface area (Å²) in [6.45, 7) is 2.78. The Morgan fingerprint density at radius 3 is 2.57 bits per heavy atom. The third kappa shape index (κ3) is 6.38. The van der Waals surface area contributed by atoms with Gasteiger partial charge < -0.3 is 25.2 Å². The van der Waals surface area contributed by atoms with Gasteiger partial charge in [0.05, 0.1) is 25.2 Å². The van der Waals surface area contributed by atoms with Gasteiger partial charge in [-0.25, -0.2) is 4.99 Å². The van der Waals surface area contributed by atoms with Gasteiger partial charge >= 0.3 is 0 Å². The topological polar surface area (TPSA) is 69.2 Å². The van der Waals surface area contributed by atoms with Crippen molar-refractivity contribution in [3.63, 3.8) is 0 Å². The number of carbonyl (C=O) groups is 1. The van der Waals surface area contributed by atoms with E-state index in [0.717, 1.165) is 37.2 Å². The number of carbonyl (C=O) groups excluding carboxylic acids is 1. The summed E-state index contributed by atoms with van der Waals surface area (Å²) in [5, 5.41) is 10.2. The second kappa shape index (κ2) is 10.9. The zero-order chi connectivity index (χ0) is 21.3. The van der Waals surface area contributed by atoms with Gasteiger partial charge in [0.2, 0.25) is 5.91 Å². The maximum absolute atomic E-state index is 12.0.